The molecule has 0 aromatic carbocycles. The second kappa shape index (κ2) is 5.54. The maximum absolute atomic E-state index is 12.0. The Morgan fingerprint density at radius 1 is 1.55 bits per heavy atom. The first-order valence-electron chi connectivity index (χ1n) is 7.30. The molecule has 1 saturated heterocycles. The second-order valence-electron chi connectivity index (χ2n) is 5.83. The van der Waals surface area contributed by atoms with Gasteiger partial charge in [-0.15, -0.1) is 0 Å². The second-order valence-corrected chi connectivity index (χ2v) is 5.83. The highest BCUT2D eigenvalue weighted by Gasteiger charge is 2.32. The Bertz CT molecular complexity index is 474. The molecule has 0 spiro atoms. The lowest BCUT2D eigenvalue weighted by Gasteiger charge is -2.20. The Kier molecular flexibility index (Phi) is 3.76. The maximum Gasteiger partial charge on any atom is 0.271 e. The number of aromatic nitrogens is 2. The average Bonchev–Trinajstić information content (AvgIpc) is 3.16. The molecule has 6 heteroatoms. The topological polar surface area (TPSA) is 76.4 Å². The number of carbonyl (C=O) groups is 1. The predicted molar refractivity (Wildman–Crippen MR) is 72.5 cm³/mol. The van der Waals surface area contributed by atoms with Crippen LogP contribution in [-0.4, -0.2) is 46.2 Å². The quantitative estimate of drug-likeness (QED) is 0.858. The first-order valence-corrected chi connectivity index (χ1v) is 7.30. The number of nitrogens with zero attached hydrogens (tertiary/aromatic N) is 2. The lowest BCUT2D eigenvalue weighted by molar-refractivity contribution is 0.0264. The first-order chi connectivity index (χ1) is 9.66. The van der Waals surface area contributed by atoms with Crippen LogP contribution in [0.3, 0.4) is 0 Å². The third kappa shape index (κ3) is 2.86. The fourth-order valence-electron chi connectivity index (χ4n) is 2.90. The van der Waals surface area contributed by atoms with Gasteiger partial charge < -0.3 is 15.2 Å². The van der Waals surface area contributed by atoms with E-state index in [1.54, 1.807) is 6.07 Å². The van der Waals surface area contributed by atoms with Crippen molar-refractivity contribution in [3.05, 3.63) is 18.0 Å². The van der Waals surface area contributed by atoms with Crippen LogP contribution in [0.1, 0.15) is 48.6 Å². The molecule has 1 aromatic heterocycles. The van der Waals surface area contributed by atoms with E-state index in [-0.39, 0.29) is 19.1 Å². The van der Waals surface area contributed by atoms with Gasteiger partial charge >= 0.3 is 0 Å². The molecule has 20 heavy (non-hydrogen) atoms. The lowest BCUT2D eigenvalue weighted by atomic mass is 10.0. The van der Waals surface area contributed by atoms with Crippen molar-refractivity contribution >= 4 is 5.91 Å². The zero-order valence-corrected chi connectivity index (χ0v) is 11.5. The summed E-state index contributed by atoms with van der Waals surface area (Å²) < 4.78 is 7.05. The van der Waals surface area contributed by atoms with E-state index in [9.17, 15) is 9.90 Å². The van der Waals surface area contributed by atoms with Crippen molar-refractivity contribution in [3.8, 4) is 0 Å². The van der Waals surface area contributed by atoms with Crippen molar-refractivity contribution in [2.24, 2.45) is 0 Å². The Labute approximate surface area is 118 Å². The van der Waals surface area contributed by atoms with Crippen molar-refractivity contribution in [3.63, 3.8) is 0 Å². The van der Waals surface area contributed by atoms with Crippen LogP contribution in [0.25, 0.3) is 0 Å². The minimum Gasteiger partial charge on any atom is -0.386 e. The van der Waals surface area contributed by atoms with Crippen molar-refractivity contribution in [1.29, 1.82) is 0 Å². The zero-order valence-electron chi connectivity index (χ0n) is 11.5. The van der Waals surface area contributed by atoms with Crippen LogP contribution in [0.5, 0.6) is 0 Å². The number of carbonyl (C=O) groups excluding carboxylic acids is 1. The molecule has 1 aliphatic carbocycles. The van der Waals surface area contributed by atoms with Gasteiger partial charge in [0.2, 0.25) is 0 Å². The van der Waals surface area contributed by atoms with E-state index in [1.807, 2.05) is 10.9 Å². The summed E-state index contributed by atoms with van der Waals surface area (Å²) >= 11 is 0. The maximum atomic E-state index is 12.0. The third-order valence-corrected chi connectivity index (χ3v) is 4.20. The van der Waals surface area contributed by atoms with E-state index in [1.165, 1.54) is 12.8 Å². The van der Waals surface area contributed by atoms with E-state index in [2.05, 4.69) is 10.4 Å². The molecule has 2 aliphatic rings. The molecule has 2 heterocycles. The highest BCUT2D eigenvalue weighted by molar-refractivity contribution is 5.92. The number of hydrogen-bond donors (Lipinski definition) is 2. The molecule has 1 aliphatic heterocycles. The SMILES string of the molecule is O=C(NC[C@]1(O)CCOC1)c1ccn(C2CCCC2)n1. The highest BCUT2D eigenvalue weighted by atomic mass is 16.5. The largest absolute Gasteiger partial charge is 0.386 e. The van der Waals surface area contributed by atoms with Crippen molar-refractivity contribution in [2.75, 3.05) is 19.8 Å². The smallest absolute Gasteiger partial charge is 0.271 e. The number of amides is 1. The van der Waals surface area contributed by atoms with E-state index in [4.69, 9.17) is 4.74 Å². The van der Waals surface area contributed by atoms with Gasteiger partial charge in [-0.25, -0.2) is 0 Å². The molecule has 1 saturated carbocycles. The molecule has 6 nitrogen and oxygen atoms in total. The van der Waals surface area contributed by atoms with Gasteiger partial charge in [0.25, 0.3) is 5.91 Å². The molecule has 0 bridgehead atoms. The number of rotatable bonds is 4. The van der Waals surface area contributed by atoms with Crippen LogP contribution in [0.2, 0.25) is 0 Å². The molecular weight excluding hydrogens is 258 g/mol. The van der Waals surface area contributed by atoms with Crippen molar-refractivity contribution in [1.82, 2.24) is 15.1 Å². The molecule has 2 N–H and O–H groups in total. The van der Waals surface area contributed by atoms with Crippen molar-refractivity contribution < 1.29 is 14.6 Å². The number of hydrogen-bond acceptors (Lipinski definition) is 4. The van der Waals surface area contributed by atoms with Gasteiger partial charge in [-0.2, -0.15) is 5.10 Å². The van der Waals surface area contributed by atoms with Crippen LogP contribution in [-0.2, 0) is 4.74 Å². The van der Waals surface area contributed by atoms with Gasteiger partial charge in [-0.05, 0) is 18.9 Å². The van der Waals surface area contributed by atoms with Crippen molar-refractivity contribution in [2.45, 2.75) is 43.7 Å². The fourth-order valence-corrected chi connectivity index (χ4v) is 2.90. The van der Waals surface area contributed by atoms with Gasteiger partial charge in [0.15, 0.2) is 0 Å². The molecule has 110 valence electrons. The summed E-state index contributed by atoms with van der Waals surface area (Å²) in [6.45, 7) is 1.04. The van der Waals surface area contributed by atoms with Gasteiger partial charge in [-0.3, -0.25) is 9.48 Å². The van der Waals surface area contributed by atoms with Gasteiger partial charge in [0.05, 0.1) is 12.6 Å². The predicted octanol–water partition coefficient (Wildman–Crippen LogP) is 0.879. The zero-order chi connectivity index (χ0) is 14.0. The van der Waals surface area contributed by atoms with Gasteiger partial charge in [0, 0.05) is 25.8 Å². The summed E-state index contributed by atoms with van der Waals surface area (Å²) in [7, 11) is 0. The number of ether oxygens (including phenoxy) is 1. The van der Waals surface area contributed by atoms with Crippen LogP contribution >= 0.6 is 0 Å². The molecule has 0 radical (unpaired) electrons. The average molecular weight is 279 g/mol. The van der Waals surface area contributed by atoms with E-state index in [0.29, 0.717) is 24.8 Å². The van der Waals surface area contributed by atoms with Crippen LogP contribution < -0.4 is 5.32 Å². The van der Waals surface area contributed by atoms with E-state index in [0.717, 1.165) is 12.8 Å². The van der Waals surface area contributed by atoms with Gasteiger partial charge in [-0.1, -0.05) is 12.8 Å². The summed E-state index contributed by atoms with van der Waals surface area (Å²) in [6.07, 6.45) is 7.18. The third-order valence-electron chi connectivity index (χ3n) is 4.20. The van der Waals surface area contributed by atoms with E-state index < -0.39 is 5.60 Å². The first kappa shape index (κ1) is 13.6. The fraction of sp³-hybridized carbons (Fsp3) is 0.714. The molecule has 0 unspecified atom stereocenters. The molecule has 1 aromatic rings. The summed E-state index contributed by atoms with van der Waals surface area (Å²) in [5, 5.41) is 17.2. The van der Waals surface area contributed by atoms with Crippen LogP contribution in [0, 0.1) is 0 Å². The highest BCUT2D eigenvalue weighted by Crippen LogP contribution is 2.28. The Morgan fingerprint density at radius 2 is 2.35 bits per heavy atom. The summed E-state index contributed by atoms with van der Waals surface area (Å²) in [4.78, 5) is 12.0. The minimum atomic E-state index is -0.927. The standard InChI is InChI=1S/C14H21N3O3/c18-13(15-9-14(19)6-8-20-10-14)12-5-7-17(16-12)11-3-1-2-4-11/h5,7,11,19H,1-4,6,8-10H2,(H,15,18)/t14-/m1/s1. The Balaban J connectivity index is 1.57. The lowest BCUT2D eigenvalue weighted by Crippen LogP contribution is -2.43. The normalized spacial score (nSPS) is 27.1. The van der Waals surface area contributed by atoms with Gasteiger partial charge in [0.1, 0.15) is 11.3 Å². The van der Waals surface area contributed by atoms with E-state index >= 15 is 0 Å². The Morgan fingerprint density at radius 3 is 3.05 bits per heavy atom. The molecule has 1 amide bonds. The summed E-state index contributed by atoms with van der Waals surface area (Å²) in [5.74, 6) is -0.234. The Hall–Kier alpha value is -1.40. The minimum absolute atomic E-state index is 0.210. The van der Waals surface area contributed by atoms with Crippen LogP contribution in [0.4, 0.5) is 0 Å². The van der Waals surface area contributed by atoms with Crippen LogP contribution in [0.15, 0.2) is 12.3 Å². The molecule has 1 atom stereocenters. The molecule has 3 rings (SSSR count). The number of aliphatic hydroxyl groups is 1. The molecular formula is C14H21N3O3. The number of nitrogens with one attached hydrogen (secondary N) is 1. The molecule has 2 fully saturated rings. The summed E-state index contributed by atoms with van der Waals surface area (Å²) in [5.41, 5.74) is -0.511. The summed E-state index contributed by atoms with van der Waals surface area (Å²) in [6, 6.07) is 2.17. The monoisotopic (exact) mass is 279 g/mol.